The van der Waals surface area contributed by atoms with E-state index in [1.807, 2.05) is 18.2 Å². The van der Waals surface area contributed by atoms with E-state index in [2.05, 4.69) is 6.92 Å². The fourth-order valence-electron chi connectivity index (χ4n) is 1.19. The quantitative estimate of drug-likeness (QED) is 0.792. The summed E-state index contributed by atoms with van der Waals surface area (Å²) in [7, 11) is 0. The van der Waals surface area contributed by atoms with E-state index in [0.717, 1.165) is 22.6 Å². The highest BCUT2D eigenvalue weighted by molar-refractivity contribution is 7.99. The highest BCUT2D eigenvalue weighted by Gasteiger charge is 2.08. The number of aliphatic hydroxyl groups excluding tert-OH is 1. The Morgan fingerprint density at radius 3 is 2.79 bits per heavy atom. The van der Waals surface area contributed by atoms with Crippen LogP contribution < -0.4 is 0 Å². The predicted molar refractivity (Wildman–Crippen MR) is 63.1 cm³/mol. The zero-order chi connectivity index (χ0) is 10.6. The molecule has 1 unspecified atom stereocenters. The van der Waals surface area contributed by atoms with Crippen LogP contribution in [0.2, 0.25) is 5.02 Å². The largest absolute Gasteiger partial charge is 0.389 e. The van der Waals surface area contributed by atoms with Crippen LogP contribution in [0.15, 0.2) is 23.1 Å². The summed E-state index contributed by atoms with van der Waals surface area (Å²) in [6.07, 6.45) is 0.681. The summed E-state index contributed by atoms with van der Waals surface area (Å²) in [4.78, 5) is 1.13. The molecule has 0 radical (unpaired) electrons. The van der Waals surface area contributed by atoms with E-state index in [1.54, 1.807) is 18.7 Å². The Morgan fingerprint density at radius 1 is 1.50 bits per heavy atom. The first-order valence-electron chi connectivity index (χ1n) is 4.75. The summed E-state index contributed by atoms with van der Waals surface area (Å²) < 4.78 is 0. The van der Waals surface area contributed by atoms with Crippen molar-refractivity contribution in [1.82, 2.24) is 0 Å². The summed E-state index contributed by atoms with van der Waals surface area (Å²) in [5.41, 5.74) is 0.927. The molecule has 1 N–H and O–H groups in total. The predicted octanol–water partition coefficient (Wildman–Crippen LogP) is 3.90. The highest BCUT2D eigenvalue weighted by atomic mass is 35.5. The van der Waals surface area contributed by atoms with Crippen LogP contribution in [0.3, 0.4) is 0 Å². The monoisotopic (exact) mass is 230 g/mol. The number of halogens is 1. The molecule has 1 atom stereocenters. The zero-order valence-corrected chi connectivity index (χ0v) is 10.0. The van der Waals surface area contributed by atoms with Crippen molar-refractivity contribution in [2.45, 2.75) is 31.3 Å². The van der Waals surface area contributed by atoms with Gasteiger partial charge < -0.3 is 5.11 Å². The number of thioether (sulfide) groups is 1. The van der Waals surface area contributed by atoms with Crippen molar-refractivity contribution in [3.05, 3.63) is 28.8 Å². The lowest BCUT2D eigenvalue weighted by Crippen LogP contribution is -1.94. The third-order valence-electron chi connectivity index (χ3n) is 1.88. The van der Waals surface area contributed by atoms with Crippen LogP contribution >= 0.6 is 23.4 Å². The molecule has 1 rings (SSSR count). The van der Waals surface area contributed by atoms with E-state index in [1.165, 1.54) is 0 Å². The molecular formula is C11H15ClOS. The van der Waals surface area contributed by atoms with Crippen molar-refractivity contribution >= 4 is 23.4 Å². The van der Waals surface area contributed by atoms with Crippen LogP contribution in [0.1, 0.15) is 31.9 Å². The third-order valence-corrected chi connectivity index (χ3v) is 3.41. The molecule has 3 heteroatoms. The molecule has 14 heavy (non-hydrogen) atoms. The van der Waals surface area contributed by atoms with Crippen LogP contribution in [0, 0.1) is 0 Å². The van der Waals surface area contributed by atoms with Gasteiger partial charge in [0.05, 0.1) is 6.10 Å². The summed E-state index contributed by atoms with van der Waals surface area (Å²) >= 11 is 7.64. The Morgan fingerprint density at radius 2 is 2.21 bits per heavy atom. The van der Waals surface area contributed by atoms with Crippen LogP contribution in [0.5, 0.6) is 0 Å². The van der Waals surface area contributed by atoms with Crippen molar-refractivity contribution in [2.75, 3.05) is 5.75 Å². The molecule has 0 aromatic heterocycles. The molecule has 0 aliphatic carbocycles. The normalized spacial score (nSPS) is 12.9. The number of benzene rings is 1. The summed E-state index contributed by atoms with van der Waals surface area (Å²) in [5.74, 6) is 1.07. The standard InChI is InChI=1S/C11H15ClOS/c1-3-6-14-11-5-4-9(12)7-10(11)8(2)13/h4-5,7-8,13H,3,6H2,1-2H3. The lowest BCUT2D eigenvalue weighted by atomic mass is 10.1. The molecule has 1 aromatic rings. The average Bonchev–Trinajstić information content (AvgIpc) is 2.15. The van der Waals surface area contributed by atoms with Gasteiger partial charge in [-0.3, -0.25) is 0 Å². The molecular weight excluding hydrogens is 216 g/mol. The molecule has 1 nitrogen and oxygen atoms in total. The fourth-order valence-corrected chi connectivity index (χ4v) is 2.35. The SMILES string of the molecule is CCCSc1ccc(Cl)cc1C(C)O. The number of aliphatic hydroxyl groups is 1. The molecule has 0 spiro atoms. The van der Waals surface area contributed by atoms with Crippen molar-refractivity contribution in [3.63, 3.8) is 0 Å². The van der Waals surface area contributed by atoms with Gasteiger partial charge in [0.15, 0.2) is 0 Å². The molecule has 0 heterocycles. The minimum Gasteiger partial charge on any atom is -0.389 e. The Bertz CT molecular complexity index is 299. The lowest BCUT2D eigenvalue weighted by Gasteiger charge is -2.11. The fraction of sp³-hybridized carbons (Fsp3) is 0.455. The zero-order valence-electron chi connectivity index (χ0n) is 8.46. The number of rotatable bonds is 4. The van der Waals surface area contributed by atoms with E-state index in [0.29, 0.717) is 5.02 Å². The molecule has 0 fully saturated rings. The maximum Gasteiger partial charge on any atom is 0.0773 e. The molecule has 0 bridgehead atoms. The molecule has 0 saturated carbocycles. The van der Waals surface area contributed by atoms with Crippen molar-refractivity contribution in [3.8, 4) is 0 Å². The molecule has 0 saturated heterocycles. The first kappa shape index (κ1) is 11.9. The van der Waals surface area contributed by atoms with Crippen LogP contribution in [0.25, 0.3) is 0 Å². The Balaban J connectivity index is 2.90. The highest BCUT2D eigenvalue weighted by Crippen LogP contribution is 2.30. The summed E-state index contributed by atoms with van der Waals surface area (Å²) in [6.45, 7) is 3.91. The maximum absolute atomic E-state index is 9.56. The molecule has 0 aliphatic rings. The lowest BCUT2D eigenvalue weighted by molar-refractivity contribution is 0.196. The Labute approximate surface area is 94.5 Å². The minimum atomic E-state index is -0.451. The van der Waals surface area contributed by atoms with Crippen LogP contribution in [-0.2, 0) is 0 Å². The van der Waals surface area contributed by atoms with Gasteiger partial charge in [-0.05, 0) is 42.9 Å². The smallest absolute Gasteiger partial charge is 0.0773 e. The first-order chi connectivity index (χ1) is 6.65. The molecule has 0 aliphatic heterocycles. The number of hydrogen-bond donors (Lipinski definition) is 1. The second-order valence-electron chi connectivity index (χ2n) is 3.21. The van der Waals surface area contributed by atoms with Gasteiger partial charge in [0, 0.05) is 9.92 Å². The van der Waals surface area contributed by atoms with Gasteiger partial charge in [-0.1, -0.05) is 18.5 Å². The topological polar surface area (TPSA) is 20.2 Å². The average molecular weight is 231 g/mol. The van der Waals surface area contributed by atoms with Gasteiger partial charge in [-0.2, -0.15) is 0 Å². The van der Waals surface area contributed by atoms with Gasteiger partial charge in [0.2, 0.25) is 0 Å². The van der Waals surface area contributed by atoms with E-state index in [-0.39, 0.29) is 0 Å². The van der Waals surface area contributed by atoms with Crippen molar-refractivity contribution in [1.29, 1.82) is 0 Å². The third kappa shape index (κ3) is 3.19. The second kappa shape index (κ2) is 5.64. The van der Waals surface area contributed by atoms with Gasteiger partial charge in [0.25, 0.3) is 0 Å². The van der Waals surface area contributed by atoms with E-state index in [9.17, 15) is 5.11 Å². The first-order valence-corrected chi connectivity index (χ1v) is 6.11. The Hall–Kier alpha value is -0.180. The van der Waals surface area contributed by atoms with Gasteiger partial charge in [-0.15, -0.1) is 11.8 Å². The van der Waals surface area contributed by atoms with E-state index >= 15 is 0 Å². The van der Waals surface area contributed by atoms with Crippen LogP contribution in [0.4, 0.5) is 0 Å². The Kier molecular flexibility index (Phi) is 4.79. The van der Waals surface area contributed by atoms with Crippen LogP contribution in [-0.4, -0.2) is 10.9 Å². The van der Waals surface area contributed by atoms with Crippen molar-refractivity contribution < 1.29 is 5.11 Å². The molecule has 1 aromatic carbocycles. The minimum absolute atomic E-state index is 0.451. The van der Waals surface area contributed by atoms with Gasteiger partial charge >= 0.3 is 0 Å². The second-order valence-corrected chi connectivity index (χ2v) is 4.78. The summed E-state index contributed by atoms with van der Waals surface area (Å²) in [6, 6.07) is 5.68. The van der Waals surface area contributed by atoms with Crippen molar-refractivity contribution in [2.24, 2.45) is 0 Å². The van der Waals surface area contributed by atoms with Gasteiger partial charge in [-0.25, -0.2) is 0 Å². The summed E-state index contributed by atoms with van der Waals surface area (Å²) in [5, 5.41) is 10.2. The molecule has 78 valence electrons. The molecule has 0 amide bonds. The number of hydrogen-bond acceptors (Lipinski definition) is 2. The maximum atomic E-state index is 9.56. The van der Waals surface area contributed by atoms with Gasteiger partial charge in [0.1, 0.15) is 0 Å². The van der Waals surface area contributed by atoms with E-state index in [4.69, 9.17) is 11.6 Å². The van der Waals surface area contributed by atoms with E-state index < -0.39 is 6.10 Å².